The molecule has 2 aromatic rings. The van der Waals surface area contributed by atoms with Crippen LogP contribution in [-0.4, -0.2) is 38.7 Å². The Bertz CT molecular complexity index is 752. The summed E-state index contributed by atoms with van der Waals surface area (Å²) in [4.78, 5) is 40.3. The summed E-state index contributed by atoms with van der Waals surface area (Å²) >= 11 is 0. The lowest BCUT2D eigenvalue weighted by Gasteiger charge is -2.17. The summed E-state index contributed by atoms with van der Waals surface area (Å²) in [5.41, 5.74) is 1.97. The van der Waals surface area contributed by atoms with E-state index in [1.54, 1.807) is 12.5 Å². The Morgan fingerprint density at radius 1 is 1.20 bits per heavy atom. The van der Waals surface area contributed by atoms with Crippen molar-refractivity contribution in [1.29, 1.82) is 0 Å². The van der Waals surface area contributed by atoms with Crippen LogP contribution in [0.3, 0.4) is 0 Å². The first-order chi connectivity index (χ1) is 12.0. The molecule has 1 aromatic carbocycles. The Hall–Kier alpha value is -2.96. The van der Waals surface area contributed by atoms with Gasteiger partial charge in [0, 0.05) is 43.9 Å². The van der Waals surface area contributed by atoms with Gasteiger partial charge in [-0.05, 0) is 24.6 Å². The van der Waals surface area contributed by atoms with Gasteiger partial charge in [0.25, 0.3) is 0 Å². The van der Waals surface area contributed by atoms with Gasteiger partial charge in [-0.1, -0.05) is 12.1 Å². The minimum Gasteiger partial charge on any atom is -0.350 e. The summed E-state index contributed by atoms with van der Waals surface area (Å²) in [7, 11) is 0. The predicted octanol–water partition coefficient (Wildman–Crippen LogP) is 1.59. The molecule has 1 aliphatic rings. The zero-order chi connectivity index (χ0) is 17.8. The summed E-state index contributed by atoms with van der Waals surface area (Å²) in [6, 6.07) is 7.67. The highest BCUT2D eigenvalue weighted by molar-refractivity contribution is 6.02. The van der Waals surface area contributed by atoms with Crippen LogP contribution in [-0.2, 0) is 14.4 Å². The maximum atomic E-state index is 12.1. The molecule has 25 heavy (non-hydrogen) atoms. The summed E-state index contributed by atoms with van der Waals surface area (Å²) < 4.78 is 1.90. The van der Waals surface area contributed by atoms with E-state index >= 15 is 0 Å². The van der Waals surface area contributed by atoms with Crippen LogP contribution in [0.2, 0.25) is 0 Å². The zero-order valence-electron chi connectivity index (χ0n) is 14.0. The number of aromatic nitrogens is 2. The molecular formula is C18H20N4O3. The Balaban J connectivity index is 1.53. The maximum absolute atomic E-state index is 12.1. The molecule has 0 unspecified atom stereocenters. The molecule has 130 valence electrons. The topological polar surface area (TPSA) is 84.3 Å². The first kappa shape index (κ1) is 16.9. The van der Waals surface area contributed by atoms with Crippen molar-refractivity contribution in [1.82, 2.24) is 19.8 Å². The van der Waals surface area contributed by atoms with Crippen molar-refractivity contribution < 1.29 is 14.4 Å². The molecule has 7 nitrogen and oxygen atoms in total. The SMILES string of the molecule is C[C@H](NC(=O)CCN1C(=O)CCC1=O)c1ccc(-n2ccnc2)cc1. The third kappa shape index (κ3) is 3.93. The molecule has 2 heterocycles. The van der Waals surface area contributed by atoms with Gasteiger partial charge < -0.3 is 9.88 Å². The average Bonchev–Trinajstić information content (AvgIpc) is 3.24. The predicted molar refractivity (Wildman–Crippen MR) is 90.7 cm³/mol. The minimum absolute atomic E-state index is 0.120. The van der Waals surface area contributed by atoms with Gasteiger partial charge in [0.05, 0.1) is 12.4 Å². The fraction of sp³-hybridized carbons (Fsp3) is 0.333. The van der Waals surface area contributed by atoms with Gasteiger partial charge in [-0.2, -0.15) is 0 Å². The number of imide groups is 1. The summed E-state index contributed by atoms with van der Waals surface area (Å²) in [5, 5.41) is 2.90. The minimum atomic E-state index is -0.194. The molecule has 1 fully saturated rings. The molecule has 0 spiro atoms. The number of hydrogen-bond donors (Lipinski definition) is 1. The van der Waals surface area contributed by atoms with Crippen molar-refractivity contribution in [2.75, 3.05) is 6.54 Å². The summed E-state index contributed by atoms with van der Waals surface area (Å²) in [5.74, 6) is -0.569. The Kier molecular flexibility index (Phi) is 4.92. The van der Waals surface area contributed by atoms with Gasteiger partial charge in [-0.3, -0.25) is 19.3 Å². The fourth-order valence-electron chi connectivity index (χ4n) is 2.83. The number of hydrogen-bond acceptors (Lipinski definition) is 4. The highest BCUT2D eigenvalue weighted by Crippen LogP contribution is 2.16. The second kappa shape index (κ2) is 7.29. The van der Waals surface area contributed by atoms with Gasteiger partial charge >= 0.3 is 0 Å². The zero-order valence-corrected chi connectivity index (χ0v) is 14.0. The van der Waals surface area contributed by atoms with Crippen LogP contribution in [0.15, 0.2) is 43.0 Å². The van der Waals surface area contributed by atoms with E-state index in [-0.39, 0.29) is 49.6 Å². The second-order valence-corrected chi connectivity index (χ2v) is 6.04. The molecule has 1 aliphatic heterocycles. The quantitative estimate of drug-likeness (QED) is 0.809. The van der Waals surface area contributed by atoms with E-state index in [2.05, 4.69) is 10.3 Å². The van der Waals surface area contributed by atoms with Crippen LogP contribution < -0.4 is 5.32 Å². The lowest BCUT2D eigenvalue weighted by molar-refractivity contribution is -0.138. The number of benzene rings is 1. The highest BCUT2D eigenvalue weighted by Gasteiger charge is 2.28. The molecule has 1 N–H and O–H groups in total. The van der Waals surface area contributed by atoms with Crippen LogP contribution in [0.5, 0.6) is 0 Å². The largest absolute Gasteiger partial charge is 0.350 e. The molecule has 0 aliphatic carbocycles. The molecule has 0 saturated carbocycles. The Morgan fingerprint density at radius 3 is 2.48 bits per heavy atom. The van der Waals surface area contributed by atoms with E-state index in [4.69, 9.17) is 0 Å². The van der Waals surface area contributed by atoms with E-state index < -0.39 is 0 Å². The summed E-state index contributed by atoms with van der Waals surface area (Å²) in [6.45, 7) is 2.05. The molecule has 1 atom stereocenters. The monoisotopic (exact) mass is 340 g/mol. The first-order valence-corrected chi connectivity index (χ1v) is 8.25. The average molecular weight is 340 g/mol. The highest BCUT2D eigenvalue weighted by atomic mass is 16.2. The molecular weight excluding hydrogens is 320 g/mol. The Labute approximate surface area is 145 Å². The van der Waals surface area contributed by atoms with Crippen LogP contribution >= 0.6 is 0 Å². The van der Waals surface area contributed by atoms with Gasteiger partial charge in [0.2, 0.25) is 17.7 Å². The van der Waals surface area contributed by atoms with E-state index in [0.29, 0.717) is 0 Å². The van der Waals surface area contributed by atoms with E-state index in [1.165, 1.54) is 4.90 Å². The van der Waals surface area contributed by atoms with Gasteiger partial charge in [0.15, 0.2) is 0 Å². The van der Waals surface area contributed by atoms with E-state index in [9.17, 15) is 14.4 Å². The van der Waals surface area contributed by atoms with E-state index in [1.807, 2.05) is 42.0 Å². The molecule has 3 amide bonds. The first-order valence-electron chi connectivity index (χ1n) is 8.25. The number of nitrogens with zero attached hydrogens (tertiary/aromatic N) is 3. The third-order valence-corrected chi connectivity index (χ3v) is 4.29. The van der Waals surface area contributed by atoms with Gasteiger partial charge in [0.1, 0.15) is 0 Å². The normalized spacial score (nSPS) is 15.5. The van der Waals surface area contributed by atoms with Crippen molar-refractivity contribution in [2.45, 2.75) is 32.2 Å². The van der Waals surface area contributed by atoms with Crippen molar-refractivity contribution in [2.24, 2.45) is 0 Å². The molecule has 1 saturated heterocycles. The molecule has 7 heteroatoms. The van der Waals surface area contributed by atoms with Crippen molar-refractivity contribution in [3.8, 4) is 5.69 Å². The van der Waals surface area contributed by atoms with Crippen molar-refractivity contribution in [3.63, 3.8) is 0 Å². The van der Waals surface area contributed by atoms with Crippen LogP contribution in [0, 0.1) is 0 Å². The number of rotatable bonds is 6. The molecule has 1 aromatic heterocycles. The van der Waals surface area contributed by atoms with Crippen LogP contribution in [0.25, 0.3) is 5.69 Å². The number of carbonyl (C=O) groups excluding carboxylic acids is 3. The van der Waals surface area contributed by atoms with E-state index in [0.717, 1.165) is 11.3 Å². The van der Waals surface area contributed by atoms with Crippen molar-refractivity contribution >= 4 is 17.7 Å². The lowest BCUT2D eigenvalue weighted by Crippen LogP contribution is -2.34. The smallest absolute Gasteiger partial charge is 0.229 e. The number of carbonyl (C=O) groups is 3. The maximum Gasteiger partial charge on any atom is 0.229 e. The van der Waals surface area contributed by atoms with Crippen LogP contribution in [0.1, 0.15) is 37.8 Å². The number of amides is 3. The number of likely N-dealkylation sites (tertiary alicyclic amines) is 1. The third-order valence-electron chi connectivity index (χ3n) is 4.29. The molecule has 0 radical (unpaired) electrons. The van der Waals surface area contributed by atoms with Gasteiger partial charge in [-0.25, -0.2) is 4.98 Å². The van der Waals surface area contributed by atoms with Crippen molar-refractivity contribution in [3.05, 3.63) is 48.5 Å². The lowest BCUT2D eigenvalue weighted by atomic mass is 10.1. The number of imidazole rings is 1. The standard InChI is InChI=1S/C18H20N4O3/c1-13(14-2-4-15(5-3-14)21-11-9-19-12-21)20-16(23)8-10-22-17(24)6-7-18(22)25/h2-5,9,11-13H,6-8,10H2,1H3,(H,20,23)/t13-/m0/s1. The van der Waals surface area contributed by atoms with Gasteiger partial charge in [-0.15, -0.1) is 0 Å². The fourth-order valence-corrected chi connectivity index (χ4v) is 2.83. The number of nitrogens with one attached hydrogen (secondary N) is 1. The molecule has 0 bridgehead atoms. The van der Waals surface area contributed by atoms with Crippen LogP contribution in [0.4, 0.5) is 0 Å². The summed E-state index contributed by atoms with van der Waals surface area (Å²) in [6.07, 6.45) is 5.92. The molecule has 3 rings (SSSR count). The second-order valence-electron chi connectivity index (χ2n) is 6.04. The Morgan fingerprint density at radius 2 is 1.88 bits per heavy atom.